The van der Waals surface area contributed by atoms with Gasteiger partial charge in [0.25, 0.3) is 0 Å². The molecule has 4 aliphatic rings. The highest BCUT2D eigenvalue weighted by molar-refractivity contribution is 5.87. The number of hydrogen-bond donors (Lipinski definition) is 1. The molecule has 6 heteroatoms. The predicted octanol–water partition coefficient (Wildman–Crippen LogP) is 1.88. The number of carbonyl (C=O) groups excluding carboxylic acids is 2. The average Bonchev–Trinajstić information content (AvgIpc) is 3.40. The van der Waals surface area contributed by atoms with Crippen LogP contribution in [0.3, 0.4) is 0 Å². The number of aliphatic carboxylic acids is 1. The van der Waals surface area contributed by atoms with Crippen LogP contribution in [0.4, 0.5) is 0 Å². The number of carboxylic acids is 1. The molecule has 4 rings (SSSR count). The molecule has 25 heavy (non-hydrogen) atoms. The molecule has 2 aliphatic carbocycles. The second kappa shape index (κ2) is 6.61. The Morgan fingerprint density at radius 1 is 0.800 bits per heavy atom. The van der Waals surface area contributed by atoms with E-state index in [9.17, 15) is 19.5 Å². The summed E-state index contributed by atoms with van der Waals surface area (Å²) in [6.07, 6.45) is 8.22. The Morgan fingerprint density at radius 2 is 1.44 bits per heavy atom. The summed E-state index contributed by atoms with van der Waals surface area (Å²) in [5, 5.41) is 9.61. The molecule has 6 nitrogen and oxygen atoms in total. The highest BCUT2D eigenvalue weighted by atomic mass is 16.4. The van der Waals surface area contributed by atoms with Crippen LogP contribution in [0.5, 0.6) is 0 Å². The van der Waals surface area contributed by atoms with E-state index < -0.39 is 12.0 Å². The minimum absolute atomic E-state index is 0.0281. The lowest BCUT2D eigenvalue weighted by molar-refractivity contribution is -0.153. The van der Waals surface area contributed by atoms with Gasteiger partial charge in [-0.2, -0.15) is 0 Å². The zero-order valence-corrected chi connectivity index (χ0v) is 14.7. The smallest absolute Gasteiger partial charge is 0.326 e. The van der Waals surface area contributed by atoms with Crippen LogP contribution in [0, 0.1) is 17.8 Å². The first-order valence-corrected chi connectivity index (χ1v) is 9.90. The van der Waals surface area contributed by atoms with E-state index in [2.05, 4.69) is 0 Å². The van der Waals surface area contributed by atoms with Crippen molar-refractivity contribution in [2.75, 3.05) is 13.1 Å². The van der Waals surface area contributed by atoms with Crippen molar-refractivity contribution in [3.8, 4) is 0 Å². The summed E-state index contributed by atoms with van der Waals surface area (Å²) in [5.74, 6) is -0.112. The summed E-state index contributed by atoms with van der Waals surface area (Å²) in [5.41, 5.74) is 0. The van der Waals surface area contributed by atoms with Crippen molar-refractivity contribution in [3.05, 3.63) is 0 Å². The van der Waals surface area contributed by atoms with Gasteiger partial charge < -0.3 is 14.9 Å². The first-order chi connectivity index (χ1) is 12.1. The zero-order valence-electron chi connectivity index (χ0n) is 14.7. The molecule has 3 atom stereocenters. The predicted molar refractivity (Wildman–Crippen MR) is 90.7 cm³/mol. The number of rotatable bonds is 3. The second-order valence-electron chi connectivity index (χ2n) is 8.32. The van der Waals surface area contributed by atoms with Crippen LogP contribution in [0.2, 0.25) is 0 Å². The van der Waals surface area contributed by atoms with Gasteiger partial charge in [0.1, 0.15) is 6.04 Å². The standard InChI is InChI=1S/C19H28N2O4/c22-17(12-5-6-12)20-9-7-13(8-10-20)18(23)21-15-4-2-1-3-14(15)11-16(21)19(24)25/h12-16H,1-11H2,(H,24,25)/t14-,15+,16-/m0/s1. The number of carbonyl (C=O) groups is 3. The highest BCUT2D eigenvalue weighted by Gasteiger charge is 2.49. The van der Waals surface area contributed by atoms with E-state index in [0.717, 1.165) is 38.5 Å². The van der Waals surface area contributed by atoms with E-state index in [4.69, 9.17) is 0 Å². The molecule has 2 aliphatic heterocycles. The monoisotopic (exact) mass is 348 g/mol. The zero-order chi connectivity index (χ0) is 17.6. The van der Waals surface area contributed by atoms with Gasteiger partial charge in [0.05, 0.1) is 0 Å². The van der Waals surface area contributed by atoms with Crippen LogP contribution < -0.4 is 0 Å². The van der Waals surface area contributed by atoms with Crippen LogP contribution in [0.15, 0.2) is 0 Å². The van der Waals surface area contributed by atoms with E-state index in [1.807, 2.05) is 4.90 Å². The maximum absolute atomic E-state index is 13.2. The number of fused-ring (bicyclic) bond motifs is 1. The molecule has 0 bridgehead atoms. The van der Waals surface area contributed by atoms with Crippen LogP contribution in [0.1, 0.15) is 57.8 Å². The third kappa shape index (κ3) is 3.15. The summed E-state index contributed by atoms with van der Waals surface area (Å²) in [6, 6.07) is -0.528. The van der Waals surface area contributed by atoms with Crippen molar-refractivity contribution in [1.82, 2.24) is 9.80 Å². The van der Waals surface area contributed by atoms with Gasteiger partial charge >= 0.3 is 5.97 Å². The molecule has 2 amide bonds. The molecule has 2 saturated heterocycles. The molecule has 2 heterocycles. The quantitative estimate of drug-likeness (QED) is 0.845. The normalized spacial score (nSPS) is 33.2. The maximum Gasteiger partial charge on any atom is 0.326 e. The van der Waals surface area contributed by atoms with E-state index in [1.54, 1.807) is 4.90 Å². The maximum atomic E-state index is 13.2. The van der Waals surface area contributed by atoms with Crippen LogP contribution >= 0.6 is 0 Å². The van der Waals surface area contributed by atoms with Crippen LogP contribution in [-0.4, -0.2) is 57.9 Å². The largest absolute Gasteiger partial charge is 0.480 e. The molecule has 4 fully saturated rings. The van der Waals surface area contributed by atoms with Gasteiger partial charge in [0.2, 0.25) is 11.8 Å². The Balaban J connectivity index is 1.42. The topological polar surface area (TPSA) is 77.9 Å². The molecule has 0 unspecified atom stereocenters. The Kier molecular flexibility index (Phi) is 4.46. The molecule has 0 aromatic heterocycles. The van der Waals surface area contributed by atoms with Crippen molar-refractivity contribution < 1.29 is 19.5 Å². The van der Waals surface area contributed by atoms with Gasteiger partial charge in [-0.05, 0) is 50.9 Å². The first kappa shape index (κ1) is 16.9. The molecule has 0 aromatic carbocycles. The van der Waals surface area contributed by atoms with E-state index in [0.29, 0.717) is 38.3 Å². The fourth-order valence-corrected chi connectivity index (χ4v) is 5.14. The van der Waals surface area contributed by atoms with Gasteiger partial charge in [-0.25, -0.2) is 4.79 Å². The molecule has 0 aromatic rings. The van der Waals surface area contributed by atoms with Crippen molar-refractivity contribution in [2.24, 2.45) is 17.8 Å². The van der Waals surface area contributed by atoms with Gasteiger partial charge in [0.15, 0.2) is 0 Å². The van der Waals surface area contributed by atoms with Gasteiger partial charge in [0, 0.05) is 31.0 Å². The molecule has 0 radical (unpaired) electrons. The SMILES string of the molecule is O=C(O)[C@@H]1C[C@@H]2CCCC[C@H]2N1C(=O)C1CCN(C(=O)C2CC2)CC1. The van der Waals surface area contributed by atoms with Gasteiger partial charge in [-0.15, -0.1) is 0 Å². The lowest BCUT2D eigenvalue weighted by Crippen LogP contribution is -2.51. The highest BCUT2D eigenvalue weighted by Crippen LogP contribution is 2.41. The second-order valence-corrected chi connectivity index (χ2v) is 8.32. The van der Waals surface area contributed by atoms with E-state index >= 15 is 0 Å². The lowest BCUT2D eigenvalue weighted by atomic mass is 9.84. The van der Waals surface area contributed by atoms with Crippen molar-refractivity contribution >= 4 is 17.8 Å². The third-order valence-corrected chi connectivity index (χ3v) is 6.71. The lowest BCUT2D eigenvalue weighted by Gasteiger charge is -2.38. The van der Waals surface area contributed by atoms with Gasteiger partial charge in [-0.3, -0.25) is 9.59 Å². The number of hydrogen-bond acceptors (Lipinski definition) is 3. The summed E-state index contributed by atoms with van der Waals surface area (Å²) < 4.78 is 0. The summed E-state index contributed by atoms with van der Waals surface area (Å²) in [6.45, 7) is 1.29. The number of nitrogens with zero attached hydrogens (tertiary/aromatic N) is 2. The summed E-state index contributed by atoms with van der Waals surface area (Å²) >= 11 is 0. The van der Waals surface area contributed by atoms with E-state index in [1.165, 1.54) is 0 Å². The number of piperidine rings is 1. The van der Waals surface area contributed by atoms with Crippen LogP contribution in [0.25, 0.3) is 0 Å². The fourth-order valence-electron chi connectivity index (χ4n) is 5.14. The minimum atomic E-state index is -0.857. The van der Waals surface area contributed by atoms with Crippen LogP contribution in [-0.2, 0) is 14.4 Å². The first-order valence-electron chi connectivity index (χ1n) is 9.90. The van der Waals surface area contributed by atoms with Crippen molar-refractivity contribution in [3.63, 3.8) is 0 Å². The molecular weight excluding hydrogens is 320 g/mol. The molecule has 138 valence electrons. The molecule has 0 spiro atoms. The Labute approximate surface area is 148 Å². The van der Waals surface area contributed by atoms with Gasteiger partial charge in [-0.1, -0.05) is 12.8 Å². The third-order valence-electron chi connectivity index (χ3n) is 6.71. The van der Waals surface area contributed by atoms with Crippen molar-refractivity contribution in [2.45, 2.75) is 69.9 Å². The summed E-state index contributed by atoms with van der Waals surface area (Å²) in [4.78, 5) is 40.7. The Bertz CT molecular complexity index is 566. The number of likely N-dealkylation sites (tertiary alicyclic amines) is 2. The Hall–Kier alpha value is -1.59. The molecular formula is C19H28N2O4. The number of amides is 2. The van der Waals surface area contributed by atoms with Crippen molar-refractivity contribution in [1.29, 1.82) is 0 Å². The fraction of sp³-hybridized carbons (Fsp3) is 0.842. The molecule has 2 saturated carbocycles. The molecule has 1 N–H and O–H groups in total. The van der Waals surface area contributed by atoms with E-state index in [-0.39, 0.29) is 29.7 Å². The summed E-state index contributed by atoms with van der Waals surface area (Å²) in [7, 11) is 0. The Morgan fingerprint density at radius 3 is 2.08 bits per heavy atom. The average molecular weight is 348 g/mol. The number of carboxylic acid groups (broad SMARTS) is 1. The minimum Gasteiger partial charge on any atom is -0.480 e.